The fraction of sp³-hybridized carbons (Fsp3) is 0.412. The molecule has 2 aromatic rings. The summed E-state index contributed by atoms with van der Waals surface area (Å²) in [5, 5.41) is 11.0. The van der Waals surface area contributed by atoms with Gasteiger partial charge in [-0.05, 0) is 52.8 Å². The highest BCUT2D eigenvalue weighted by atomic mass is 79.9. The molecule has 0 aliphatic heterocycles. The molecule has 0 bridgehead atoms. The summed E-state index contributed by atoms with van der Waals surface area (Å²) in [6, 6.07) is 3.59. The second kappa shape index (κ2) is 8.13. The third-order valence-electron chi connectivity index (χ3n) is 3.42. The molecule has 0 amide bonds. The van der Waals surface area contributed by atoms with Crippen LogP contribution in [0.5, 0.6) is 11.5 Å². The standard InChI is InChI=1S/C17H21BrN4O3S/c1-6-25-12-8-10(7-11(18)13(12)24-5)9-19-22-15(23)14(17(2,3)4)20-21-16(22)26/h7-9H,6H2,1-5H3,(H,21,26)/b19-9-. The molecule has 26 heavy (non-hydrogen) atoms. The molecule has 0 fully saturated rings. The van der Waals surface area contributed by atoms with Crippen molar-refractivity contribution in [2.45, 2.75) is 33.1 Å². The lowest BCUT2D eigenvalue weighted by Gasteiger charge is -2.16. The van der Waals surface area contributed by atoms with Crippen LogP contribution in [0.3, 0.4) is 0 Å². The number of methoxy groups -OCH3 is 1. The number of aromatic nitrogens is 3. The van der Waals surface area contributed by atoms with Crippen LogP contribution >= 0.6 is 28.1 Å². The number of hydrogen-bond donors (Lipinski definition) is 1. The van der Waals surface area contributed by atoms with Crippen LogP contribution in [0.4, 0.5) is 0 Å². The van der Waals surface area contributed by atoms with E-state index in [2.05, 4.69) is 31.2 Å². The molecule has 0 saturated carbocycles. The van der Waals surface area contributed by atoms with Crippen LogP contribution in [-0.2, 0) is 5.41 Å². The largest absolute Gasteiger partial charge is 0.492 e. The fourth-order valence-corrected chi connectivity index (χ4v) is 3.03. The first-order valence-electron chi connectivity index (χ1n) is 7.96. The molecule has 0 radical (unpaired) electrons. The summed E-state index contributed by atoms with van der Waals surface area (Å²) < 4.78 is 12.9. The van der Waals surface area contributed by atoms with Crippen LogP contribution in [-0.4, -0.2) is 34.8 Å². The van der Waals surface area contributed by atoms with Gasteiger partial charge in [-0.25, -0.2) is 0 Å². The molecule has 0 atom stereocenters. The molecule has 0 saturated heterocycles. The zero-order valence-electron chi connectivity index (χ0n) is 15.3. The Hall–Kier alpha value is -2.00. The third kappa shape index (κ3) is 4.39. The van der Waals surface area contributed by atoms with Crippen LogP contribution in [0.15, 0.2) is 26.5 Å². The molecule has 7 nitrogen and oxygen atoms in total. The quantitative estimate of drug-likeness (QED) is 0.566. The number of ether oxygens (including phenoxy) is 2. The number of nitrogens with zero attached hydrogens (tertiary/aromatic N) is 3. The van der Waals surface area contributed by atoms with Gasteiger partial charge in [0, 0.05) is 5.41 Å². The van der Waals surface area contributed by atoms with Gasteiger partial charge in [-0.3, -0.25) is 9.89 Å². The van der Waals surface area contributed by atoms with Crippen molar-refractivity contribution in [1.29, 1.82) is 0 Å². The minimum Gasteiger partial charge on any atom is -0.492 e. The van der Waals surface area contributed by atoms with Gasteiger partial charge in [0.25, 0.3) is 5.56 Å². The SMILES string of the molecule is CCOc1cc(/C=N\n2c(=S)[nH]nc(C(C)(C)C)c2=O)cc(Br)c1OC. The zero-order chi connectivity index (χ0) is 19.5. The summed E-state index contributed by atoms with van der Waals surface area (Å²) in [5.41, 5.74) is 0.292. The van der Waals surface area contributed by atoms with E-state index in [4.69, 9.17) is 21.7 Å². The Balaban J connectivity index is 2.51. The van der Waals surface area contributed by atoms with Gasteiger partial charge in [-0.2, -0.15) is 14.9 Å². The Labute approximate surface area is 165 Å². The summed E-state index contributed by atoms with van der Waals surface area (Å²) >= 11 is 8.60. The molecule has 9 heteroatoms. The lowest BCUT2D eigenvalue weighted by atomic mass is 9.93. The van der Waals surface area contributed by atoms with E-state index in [1.807, 2.05) is 33.8 Å². The second-order valence-electron chi connectivity index (χ2n) is 6.46. The molecule has 1 aromatic heterocycles. The van der Waals surface area contributed by atoms with Gasteiger partial charge < -0.3 is 9.47 Å². The maximum Gasteiger partial charge on any atom is 0.297 e. The first-order valence-corrected chi connectivity index (χ1v) is 9.16. The molecule has 140 valence electrons. The van der Waals surface area contributed by atoms with E-state index < -0.39 is 5.41 Å². The van der Waals surface area contributed by atoms with Gasteiger partial charge in [-0.1, -0.05) is 20.8 Å². The molecular weight excluding hydrogens is 420 g/mol. The van der Waals surface area contributed by atoms with E-state index in [0.717, 1.165) is 14.7 Å². The zero-order valence-corrected chi connectivity index (χ0v) is 17.7. The van der Waals surface area contributed by atoms with Crippen molar-refractivity contribution in [3.05, 3.63) is 43.0 Å². The number of hydrogen-bond acceptors (Lipinski definition) is 6. The minimum atomic E-state index is -0.431. The van der Waals surface area contributed by atoms with E-state index in [0.29, 0.717) is 23.8 Å². The van der Waals surface area contributed by atoms with E-state index in [-0.39, 0.29) is 10.3 Å². The summed E-state index contributed by atoms with van der Waals surface area (Å²) in [7, 11) is 1.57. The van der Waals surface area contributed by atoms with Crippen molar-refractivity contribution in [2.24, 2.45) is 5.10 Å². The van der Waals surface area contributed by atoms with Gasteiger partial charge in [0.2, 0.25) is 4.77 Å². The van der Waals surface area contributed by atoms with Crippen LogP contribution in [0.2, 0.25) is 0 Å². The Morgan fingerprint density at radius 3 is 2.69 bits per heavy atom. The number of halogens is 1. The van der Waals surface area contributed by atoms with Crippen molar-refractivity contribution < 1.29 is 9.47 Å². The first kappa shape index (κ1) is 20.3. The molecule has 0 unspecified atom stereocenters. The van der Waals surface area contributed by atoms with Gasteiger partial charge in [0.1, 0.15) is 5.69 Å². The lowest BCUT2D eigenvalue weighted by molar-refractivity contribution is 0.310. The van der Waals surface area contributed by atoms with Gasteiger partial charge in [0.05, 0.1) is 24.4 Å². The highest BCUT2D eigenvalue weighted by molar-refractivity contribution is 9.10. The molecule has 0 aliphatic carbocycles. The Morgan fingerprint density at radius 1 is 1.42 bits per heavy atom. The summed E-state index contributed by atoms with van der Waals surface area (Å²) in [4.78, 5) is 12.6. The number of aromatic amines is 1. The number of rotatable bonds is 5. The summed E-state index contributed by atoms with van der Waals surface area (Å²) in [6.45, 7) is 8.08. The van der Waals surface area contributed by atoms with Crippen LogP contribution in [0.1, 0.15) is 39.0 Å². The summed E-state index contributed by atoms with van der Waals surface area (Å²) in [6.07, 6.45) is 1.53. The van der Waals surface area contributed by atoms with Crippen molar-refractivity contribution in [1.82, 2.24) is 14.9 Å². The maximum atomic E-state index is 12.6. The van der Waals surface area contributed by atoms with Crippen molar-refractivity contribution >= 4 is 34.4 Å². The molecule has 1 N–H and O–H groups in total. The predicted molar refractivity (Wildman–Crippen MR) is 107 cm³/mol. The van der Waals surface area contributed by atoms with E-state index in [9.17, 15) is 4.79 Å². The minimum absolute atomic E-state index is 0.122. The van der Waals surface area contributed by atoms with E-state index in [1.165, 1.54) is 6.21 Å². The molecule has 2 rings (SSSR count). The molecule has 0 aliphatic rings. The van der Waals surface area contributed by atoms with Crippen LogP contribution in [0.25, 0.3) is 0 Å². The second-order valence-corrected chi connectivity index (χ2v) is 7.70. The highest BCUT2D eigenvalue weighted by Crippen LogP contribution is 2.36. The van der Waals surface area contributed by atoms with Gasteiger partial charge in [0.15, 0.2) is 11.5 Å². The van der Waals surface area contributed by atoms with Crippen molar-refractivity contribution in [3.63, 3.8) is 0 Å². The monoisotopic (exact) mass is 440 g/mol. The van der Waals surface area contributed by atoms with Crippen molar-refractivity contribution in [3.8, 4) is 11.5 Å². The number of nitrogens with one attached hydrogen (secondary N) is 1. The van der Waals surface area contributed by atoms with E-state index in [1.54, 1.807) is 13.2 Å². The van der Waals surface area contributed by atoms with Crippen LogP contribution < -0.4 is 15.0 Å². The van der Waals surface area contributed by atoms with Gasteiger partial charge >= 0.3 is 0 Å². The normalized spacial score (nSPS) is 11.8. The predicted octanol–water partition coefficient (Wildman–Crippen LogP) is 3.65. The Morgan fingerprint density at radius 2 is 2.12 bits per heavy atom. The molecule has 1 aromatic carbocycles. The van der Waals surface area contributed by atoms with Crippen LogP contribution in [0, 0.1) is 4.77 Å². The summed E-state index contributed by atoms with van der Waals surface area (Å²) in [5.74, 6) is 1.17. The average Bonchev–Trinajstić information content (AvgIpc) is 2.53. The number of H-pyrrole nitrogens is 1. The molecule has 0 spiro atoms. The maximum absolute atomic E-state index is 12.6. The highest BCUT2D eigenvalue weighted by Gasteiger charge is 2.21. The Bertz CT molecular complexity index is 944. The first-order chi connectivity index (χ1) is 12.2. The van der Waals surface area contributed by atoms with E-state index >= 15 is 0 Å². The number of benzene rings is 1. The average molecular weight is 441 g/mol. The third-order valence-corrected chi connectivity index (χ3v) is 4.27. The molecular formula is C17H21BrN4O3S. The smallest absolute Gasteiger partial charge is 0.297 e. The fourth-order valence-electron chi connectivity index (χ4n) is 2.23. The van der Waals surface area contributed by atoms with Crippen molar-refractivity contribution in [2.75, 3.05) is 13.7 Å². The van der Waals surface area contributed by atoms with Gasteiger partial charge in [-0.15, -0.1) is 0 Å². The lowest BCUT2D eigenvalue weighted by Crippen LogP contribution is -2.32. The Kier molecular flexibility index (Phi) is 6.35. The topological polar surface area (TPSA) is 81.5 Å². The molecule has 1 heterocycles.